The molecule has 11 heteroatoms. The standard InChI is InChI=1S/C20H26ClN5O2S.C3H8O2/c1-3-13(12-27)8-9-22-18-16(17(21)25-20(26-18)23-10-11-28-2)19-24-14-6-4-5-7-15(14)29-19;1-3(2,4)5/h4-7,13,27H,3,8-12H2,1-2H3,(H2,22,23,25,26);4-5H,1-2H3. The van der Waals surface area contributed by atoms with Crippen molar-refractivity contribution in [1.82, 2.24) is 15.0 Å². The number of para-hydroxylation sites is 1. The molecular weight excluding hydrogens is 478 g/mol. The Morgan fingerprint density at radius 3 is 2.44 bits per heavy atom. The molecule has 9 nitrogen and oxygen atoms in total. The van der Waals surface area contributed by atoms with Gasteiger partial charge in [0.05, 0.1) is 22.4 Å². The smallest absolute Gasteiger partial charge is 0.226 e. The van der Waals surface area contributed by atoms with E-state index in [0.29, 0.717) is 42.2 Å². The number of ether oxygens (including phenoxy) is 1. The van der Waals surface area contributed by atoms with E-state index >= 15 is 0 Å². The first-order chi connectivity index (χ1) is 16.2. The number of anilines is 2. The summed E-state index contributed by atoms with van der Waals surface area (Å²) in [6, 6.07) is 7.97. The molecule has 34 heavy (non-hydrogen) atoms. The fourth-order valence-electron chi connectivity index (χ4n) is 2.89. The summed E-state index contributed by atoms with van der Waals surface area (Å²) in [5.74, 6) is -0.171. The molecule has 188 valence electrons. The predicted molar refractivity (Wildman–Crippen MR) is 139 cm³/mol. The first-order valence-corrected chi connectivity index (χ1v) is 12.3. The van der Waals surface area contributed by atoms with Crippen molar-refractivity contribution in [3.05, 3.63) is 29.4 Å². The Morgan fingerprint density at radius 2 is 1.82 bits per heavy atom. The molecule has 0 spiro atoms. The molecule has 0 aliphatic heterocycles. The van der Waals surface area contributed by atoms with Crippen LogP contribution in [0.1, 0.15) is 33.6 Å². The third-order valence-electron chi connectivity index (χ3n) is 4.64. The maximum absolute atomic E-state index is 9.44. The second kappa shape index (κ2) is 13.7. The number of methoxy groups -OCH3 is 1. The Labute approximate surface area is 209 Å². The zero-order chi connectivity index (χ0) is 25.1. The highest BCUT2D eigenvalue weighted by atomic mass is 35.5. The second-order valence-corrected chi connectivity index (χ2v) is 9.52. The van der Waals surface area contributed by atoms with E-state index in [1.54, 1.807) is 18.4 Å². The minimum atomic E-state index is -1.50. The summed E-state index contributed by atoms with van der Waals surface area (Å²) >= 11 is 8.13. The van der Waals surface area contributed by atoms with Gasteiger partial charge in [0.1, 0.15) is 16.0 Å². The van der Waals surface area contributed by atoms with Crippen LogP contribution in [0, 0.1) is 5.92 Å². The van der Waals surface area contributed by atoms with Crippen molar-refractivity contribution in [3.63, 3.8) is 0 Å². The lowest BCUT2D eigenvalue weighted by atomic mass is 10.0. The van der Waals surface area contributed by atoms with Crippen LogP contribution < -0.4 is 10.6 Å². The van der Waals surface area contributed by atoms with Gasteiger partial charge in [-0.3, -0.25) is 0 Å². The average molecular weight is 512 g/mol. The molecule has 2 aromatic heterocycles. The van der Waals surface area contributed by atoms with E-state index < -0.39 is 5.79 Å². The fraction of sp³-hybridized carbons (Fsp3) is 0.522. The molecule has 1 aromatic carbocycles. The normalized spacial score (nSPS) is 12.2. The quantitative estimate of drug-likeness (QED) is 0.147. The largest absolute Gasteiger partial charge is 0.396 e. The molecule has 0 amide bonds. The van der Waals surface area contributed by atoms with E-state index in [-0.39, 0.29) is 12.5 Å². The Bertz CT molecular complexity index is 985. The lowest BCUT2D eigenvalue weighted by Crippen LogP contribution is -2.15. The van der Waals surface area contributed by atoms with Gasteiger partial charge in [0.15, 0.2) is 5.79 Å². The summed E-state index contributed by atoms with van der Waals surface area (Å²) in [5, 5.41) is 33.2. The molecule has 3 aromatic rings. The van der Waals surface area contributed by atoms with Crippen molar-refractivity contribution in [1.29, 1.82) is 0 Å². The number of aliphatic hydroxyl groups is 3. The molecule has 0 fully saturated rings. The van der Waals surface area contributed by atoms with Crippen LogP contribution in [0.3, 0.4) is 0 Å². The number of aliphatic hydroxyl groups excluding tert-OH is 1. The van der Waals surface area contributed by atoms with Crippen LogP contribution >= 0.6 is 22.9 Å². The van der Waals surface area contributed by atoms with Crippen LogP contribution in [0.4, 0.5) is 11.8 Å². The van der Waals surface area contributed by atoms with Gasteiger partial charge in [0, 0.05) is 26.8 Å². The van der Waals surface area contributed by atoms with Crippen molar-refractivity contribution >= 4 is 44.9 Å². The highest BCUT2D eigenvalue weighted by Crippen LogP contribution is 2.38. The molecule has 1 atom stereocenters. The van der Waals surface area contributed by atoms with Gasteiger partial charge in [0.2, 0.25) is 5.95 Å². The number of nitrogens with one attached hydrogen (secondary N) is 2. The zero-order valence-corrected chi connectivity index (χ0v) is 21.6. The molecular formula is C23H34ClN5O4S. The Kier molecular flexibility index (Phi) is 11.4. The van der Waals surface area contributed by atoms with Gasteiger partial charge in [-0.2, -0.15) is 4.98 Å². The molecule has 0 bridgehead atoms. The third-order valence-corrected chi connectivity index (χ3v) is 5.97. The van der Waals surface area contributed by atoms with Crippen molar-refractivity contribution in [2.45, 2.75) is 39.4 Å². The maximum Gasteiger partial charge on any atom is 0.226 e. The SMILES string of the molecule is CC(C)(O)O.CCC(CO)CCNc1nc(NCCOC)nc(Cl)c1-c1nc2ccccc2s1. The number of halogens is 1. The monoisotopic (exact) mass is 511 g/mol. The van der Waals surface area contributed by atoms with E-state index in [0.717, 1.165) is 28.1 Å². The van der Waals surface area contributed by atoms with E-state index in [9.17, 15) is 5.11 Å². The molecule has 1 unspecified atom stereocenters. The number of benzene rings is 1. The summed E-state index contributed by atoms with van der Waals surface area (Å²) in [5.41, 5.74) is 1.62. The van der Waals surface area contributed by atoms with Crippen molar-refractivity contribution < 1.29 is 20.1 Å². The first kappa shape index (κ1) is 28.2. The topological polar surface area (TPSA) is 133 Å². The lowest BCUT2D eigenvalue weighted by Gasteiger charge is -2.15. The molecule has 0 radical (unpaired) electrons. The highest BCUT2D eigenvalue weighted by molar-refractivity contribution is 7.21. The molecule has 0 saturated heterocycles. The van der Waals surface area contributed by atoms with Gasteiger partial charge in [-0.1, -0.05) is 37.1 Å². The number of thiazole rings is 1. The first-order valence-electron chi connectivity index (χ1n) is 11.1. The minimum absolute atomic E-state index is 0.178. The number of aromatic nitrogens is 3. The van der Waals surface area contributed by atoms with Crippen LogP contribution in [0.5, 0.6) is 0 Å². The Hall–Kier alpha value is -2.08. The predicted octanol–water partition coefficient (Wildman–Crippen LogP) is 3.99. The van der Waals surface area contributed by atoms with Crippen molar-refractivity contribution in [3.8, 4) is 10.6 Å². The van der Waals surface area contributed by atoms with Gasteiger partial charge in [-0.15, -0.1) is 11.3 Å². The fourth-order valence-corrected chi connectivity index (χ4v) is 4.22. The Balaban J connectivity index is 0.000000739. The van der Waals surface area contributed by atoms with Gasteiger partial charge in [0.25, 0.3) is 0 Å². The average Bonchev–Trinajstić information content (AvgIpc) is 3.19. The van der Waals surface area contributed by atoms with Crippen LogP contribution in [-0.4, -0.2) is 69.5 Å². The van der Waals surface area contributed by atoms with Gasteiger partial charge in [-0.05, 0) is 38.3 Å². The van der Waals surface area contributed by atoms with Gasteiger partial charge < -0.3 is 30.7 Å². The minimum Gasteiger partial charge on any atom is -0.396 e. The van der Waals surface area contributed by atoms with Crippen LogP contribution in [0.25, 0.3) is 20.8 Å². The molecule has 0 saturated carbocycles. The molecule has 2 heterocycles. The van der Waals surface area contributed by atoms with E-state index in [4.69, 9.17) is 31.5 Å². The molecule has 0 aliphatic rings. The number of hydrogen-bond acceptors (Lipinski definition) is 10. The van der Waals surface area contributed by atoms with Crippen molar-refractivity contribution in [2.75, 3.05) is 44.0 Å². The third kappa shape index (κ3) is 9.28. The van der Waals surface area contributed by atoms with Gasteiger partial charge >= 0.3 is 0 Å². The molecule has 0 aliphatic carbocycles. The summed E-state index contributed by atoms with van der Waals surface area (Å²) in [6.07, 6.45) is 1.76. The Morgan fingerprint density at radius 1 is 1.12 bits per heavy atom. The highest BCUT2D eigenvalue weighted by Gasteiger charge is 2.19. The van der Waals surface area contributed by atoms with Crippen molar-refractivity contribution in [2.24, 2.45) is 5.92 Å². The van der Waals surface area contributed by atoms with E-state index in [1.165, 1.54) is 13.8 Å². The van der Waals surface area contributed by atoms with Crippen LogP contribution in [-0.2, 0) is 4.74 Å². The maximum atomic E-state index is 9.44. The van der Waals surface area contributed by atoms with E-state index in [2.05, 4.69) is 27.5 Å². The summed E-state index contributed by atoms with van der Waals surface area (Å²) in [7, 11) is 1.64. The van der Waals surface area contributed by atoms with E-state index in [1.807, 2.05) is 24.3 Å². The van der Waals surface area contributed by atoms with Crippen LogP contribution in [0.2, 0.25) is 5.15 Å². The molecule has 3 rings (SSSR count). The summed E-state index contributed by atoms with van der Waals surface area (Å²) in [4.78, 5) is 13.8. The number of nitrogens with zero attached hydrogens (tertiary/aromatic N) is 3. The van der Waals surface area contributed by atoms with Crippen LogP contribution in [0.15, 0.2) is 24.3 Å². The molecule has 5 N–H and O–H groups in total. The zero-order valence-electron chi connectivity index (χ0n) is 20.0. The van der Waals surface area contributed by atoms with Gasteiger partial charge in [-0.25, -0.2) is 9.97 Å². The summed E-state index contributed by atoms with van der Waals surface area (Å²) < 4.78 is 6.15. The number of rotatable bonds is 11. The summed E-state index contributed by atoms with van der Waals surface area (Å²) in [6.45, 7) is 6.64. The lowest BCUT2D eigenvalue weighted by molar-refractivity contribution is -0.127. The number of hydrogen-bond donors (Lipinski definition) is 5. The second-order valence-electron chi connectivity index (χ2n) is 8.13. The number of fused-ring (bicyclic) bond motifs is 1.